The van der Waals surface area contributed by atoms with Gasteiger partial charge >= 0.3 is 0 Å². The van der Waals surface area contributed by atoms with Crippen molar-refractivity contribution in [3.63, 3.8) is 0 Å². The van der Waals surface area contributed by atoms with Gasteiger partial charge in [-0.05, 0) is 79.7 Å². The van der Waals surface area contributed by atoms with Crippen molar-refractivity contribution in [2.45, 2.75) is 50.5 Å². The summed E-state index contributed by atoms with van der Waals surface area (Å²) in [5, 5.41) is 0. The molecule has 0 amide bonds. The van der Waals surface area contributed by atoms with Crippen LogP contribution < -0.4 is 5.73 Å². The number of nitrogens with two attached hydrogens (primary N) is 1. The molecular formula is C16H24N2. The summed E-state index contributed by atoms with van der Waals surface area (Å²) in [6.07, 6.45) is 11.5. The van der Waals surface area contributed by atoms with Crippen LogP contribution >= 0.6 is 0 Å². The lowest BCUT2D eigenvalue weighted by molar-refractivity contribution is -0.0631. The van der Waals surface area contributed by atoms with E-state index in [9.17, 15) is 0 Å². The van der Waals surface area contributed by atoms with Gasteiger partial charge in [0, 0.05) is 18.4 Å². The van der Waals surface area contributed by atoms with E-state index < -0.39 is 0 Å². The molecular weight excluding hydrogens is 220 g/mol. The Morgan fingerprint density at radius 2 is 2.00 bits per heavy atom. The molecule has 1 heterocycles. The molecule has 0 radical (unpaired) electrons. The van der Waals surface area contributed by atoms with Crippen molar-refractivity contribution in [2.24, 2.45) is 29.4 Å². The third-order valence-corrected chi connectivity index (χ3v) is 6.16. The standard InChI is InChI=1S/C16H24N2/c1-10(17)15-12-4-11-5-13(15)8-16(6-11,7-12)14-2-3-18-9-14/h2-3,9-13,15,18H,4-8,17H2,1H3. The molecule has 1 aromatic heterocycles. The minimum absolute atomic E-state index is 0.392. The van der Waals surface area contributed by atoms with Gasteiger partial charge in [0.05, 0.1) is 0 Å². The van der Waals surface area contributed by atoms with Crippen molar-refractivity contribution in [3.8, 4) is 0 Å². The number of aromatic amines is 1. The average molecular weight is 244 g/mol. The van der Waals surface area contributed by atoms with Gasteiger partial charge in [-0.2, -0.15) is 0 Å². The first-order valence-electron chi connectivity index (χ1n) is 7.57. The lowest BCUT2D eigenvalue weighted by Crippen LogP contribution is -2.56. The molecule has 2 heteroatoms. The number of aromatic nitrogens is 1. The summed E-state index contributed by atoms with van der Waals surface area (Å²) < 4.78 is 0. The zero-order valence-electron chi connectivity index (χ0n) is 11.2. The second kappa shape index (κ2) is 3.63. The minimum atomic E-state index is 0.392. The molecule has 1 aromatic rings. The third kappa shape index (κ3) is 1.38. The van der Waals surface area contributed by atoms with E-state index in [0.717, 1.165) is 23.7 Å². The van der Waals surface area contributed by atoms with Gasteiger partial charge in [-0.3, -0.25) is 0 Å². The van der Waals surface area contributed by atoms with E-state index >= 15 is 0 Å². The zero-order chi connectivity index (χ0) is 12.3. The number of hydrogen-bond donors (Lipinski definition) is 2. The minimum Gasteiger partial charge on any atom is -0.367 e. The normalized spacial score (nSPS) is 47.4. The van der Waals surface area contributed by atoms with Crippen LogP contribution in [0.2, 0.25) is 0 Å². The van der Waals surface area contributed by atoms with E-state index in [1.807, 2.05) is 0 Å². The zero-order valence-corrected chi connectivity index (χ0v) is 11.2. The van der Waals surface area contributed by atoms with Gasteiger partial charge in [0.25, 0.3) is 0 Å². The van der Waals surface area contributed by atoms with Crippen LogP contribution in [0.5, 0.6) is 0 Å². The summed E-state index contributed by atoms with van der Waals surface area (Å²) in [5.74, 6) is 3.57. The lowest BCUT2D eigenvalue weighted by atomic mass is 9.44. The van der Waals surface area contributed by atoms with Gasteiger partial charge in [0.1, 0.15) is 0 Å². The summed E-state index contributed by atoms with van der Waals surface area (Å²) in [7, 11) is 0. The third-order valence-electron chi connectivity index (χ3n) is 6.16. The smallest absolute Gasteiger partial charge is 0.00440 e. The highest BCUT2D eigenvalue weighted by molar-refractivity contribution is 5.27. The summed E-state index contributed by atoms with van der Waals surface area (Å²) >= 11 is 0. The van der Waals surface area contributed by atoms with Crippen LogP contribution in [0, 0.1) is 23.7 Å². The Morgan fingerprint density at radius 3 is 2.56 bits per heavy atom. The van der Waals surface area contributed by atoms with Crippen molar-refractivity contribution in [3.05, 3.63) is 24.0 Å². The number of hydrogen-bond acceptors (Lipinski definition) is 1. The Hall–Kier alpha value is -0.760. The second-order valence-corrected chi connectivity index (χ2v) is 7.29. The first kappa shape index (κ1) is 11.1. The molecule has 0 saturated heterocycles. The predicted octanol–water partition coefficient (Wildman–Crippen LogP) is 3.06. The Morgan fingerprint density at radius 1 is 1.28 bits per heavy atom. The number of rotatable bonds is 2. The van der Waals surface area contributed by atoms with Crippen molar-refractivity contribution in [1.29, 1.82) is 0 Å². The lowest BCUT2D eigenvalue weighted by Gasteiger charge is -2.61. The molecule has 4 fully saturated rings. The van der Waals surface area contributed by atoms with Crippen LogP contribution in [0.3, 0.4) is 0 Å². The maximum absolute atomic E-state index is 6.27. The molecule has 4 bridgehead atoms. The van der Waals surface area contributed by atoms with Crippen LogP contribution in [0.25, 0.3) is 0 Å². The molecule has 3 N–H and O–H groups in total. The molecule has 3 atom stereocenters. The summed E-state index contributed by atoms with van der Waals surface area (Å²) in [4.78, 5) is 3.26. The number of nitrogens with one attached hydrogen (secondary N) is 1. The van der Waals surface area contributed by atoms with E-state index in [1.54, 1.807) is 5.56 Å². The van der Waals surface area contributed by atoms with Crippen molar-refractivity contribution >= 4 is 0 Å². The maximum atomic E-state index is 6.27. The van der Waals surface area contributed by atoms with Gasteiger partial charge < -0.3 is 10.7 Å². The largest absolute Gasteiger partial charge is 0.367 e. The number of H-pyrrole nitrogens is 1. The maximum Gasteiger partial charge on any atom is 0.00440 e. The van der Waals surface area contributed by atoms with E-state index in [4.69, 9.17) is 5.73 Å². The van der Waals surface area contributed by atoms with Gasteiger partial charge in [-0.25, -0.2) is 0 Å². The highest BCUT2D eigenvalue weighted by atomic mass is 14.7. The topological polar surface area (TPSA) is 41.8 Å². The van der Waals surface area contributed by atoms with Gasteiger partial charge in [-0.1, -0.05) is 0 Å². The van der Waals surface area contributed by atoms with Crippen molar-refractivity contribution in [2.75, 3.05) is 0 Å². The van der Waals surface area contributed by atoms with Crippen LogP contribution in [0.4, 0.5) is 0 Å². The molecule has 4 aliphatic carbocycles. The summed E-state index contributed by atoms with van der Waals surface area (Å²) in [6, 6.07) is 2.71. The first-order valence-corrected chi connectivity index (χ1v) is 7.57. The average Bonchev–Trinajstić information content (AvgIpc) is 2.80. The monoisotopic (exact) mass is 244 g/mol. The van der Waals surface area contributed by atoms with Crippen LogP contribution in [0.1, 0.15) is 44.6 Å². The Balaban J connectivity index is 1.71. The predicted molar refractivity (Wildman–Crippen MR) is 73.2 cm³/mol. The summed E-state index contributed by atoms with van der Waals surface area (Å²) in [6.45, 7) is 2.23. The molecule has 0 spiro atoms. The molecule has 18 heavy (non-hydrogen) atoms. The highest BCUT2D eigenvalue weighted by Crippen LogP contribution is 2.63. The van der Waals surface area contributed by atoms with Crippen molar-refractivity contribution in [1.82, 2.24) is 4.98 Å². The van der Waals surface area contributed by atoms with Crippen LogP contribution in [-0.4, -0.2) is 11.0 Å². The molecule has 98 valence electrons. The molecule has 0 aliphatic heterocycles. The van der Waals surface area contributed by atoms with Gasteiger partial charge in [-0.15, -0.1) is 0 Å². The fraction of sp³-hybridized carbons (Fsp3) is 0.750. The van der Waals surface area contributed by atoms with Gasteiger partial charge in [0.15, 0.2) is 0 Å². The van der Waals surface area contributed by atoms with E-state index in [2.05, 4.69) is 30.4 Å². The van der Waals surface area contributed by atoms with E-state index in [1.165, 1.54) is 32.1 Å². The Labute approximate surface area is 109 Å². The van der Waals surface area contributed by atoms with Crippen LogP contribution in [-0.2, 0) is 5.41 Å². The first-order chi connectivity index (χ1) is 8.68. The molecule has 3 unspecified atom stereocenters. The fourth-order valence-corrected chi connectivity index (χ4v) is 5.93. The molecule has 0 aromatic carbocycles. The molecule has 2 nitrogen and oxygen atoms in total. The SMILES string of the molecule is CC(N)C1C2CC3CC1CC(c1cc[nH]c1)(C3)C2. The molecule has 4 aliphatic rings. The quantitative estimate of drug-likeness (QED) is 0.825. The van der Waals surface area contributed by atoms with Crippen LogP contribution in [0.15, 0.2) is 18.5 Å². The van der Waals surface area contributed by atoms with E-state index in [0.29, 0.717) is 11.5 Å². The molecule has 5 rings (SSSR count). The summed E-state index contributed by atoms with van der Waals surface area (Å²) in [5.41, 5.74) is 8.35. The van der Waals surface area contributed by atoms with E-state index in [-0.39, 0.29) is 0 Å². The highest BCUT2D eigenvalue weighted by Gasteiger charge is 2.56. The second-order valence-electron chi connectivity index (χ2n) is 7.29. The Bertz CT molecular complexity index is 418. The fourth-order valence-electron chi connectivity index (χ4n) is 5.93. The van der Waals surface area contributed by atoms with Gasteiger partial charge in [0.2, 0.25) is 0 Å². The molecule has 4 saturated carbocycles. The Kier molecular flexibility index (Phi) is 2.24. The van der Waals surface area contributed by atoms with Crippen molar-refractivity contribution < 1.29 is 0 Å².